The normalized spacial score (nSPS) is 22.0. The summed E-state index contributed by atoms with van der Waals surface area (Å²) in [7, 11) is -8.55. The highest BCUT2D eigenvalue weighted by atomic mass is 32.2. The molecule has 3 fully saturated rings. The van der Waals surface area contributed by atoms with Crippen molar-refractivity contribution in [2.24, 2.45) is 0 Å². The molecule has 1 unspecified atom stereocenters. The van der Waals surface area contributed by atoms with Crippen molar-refractivity contribution in [1.29, 1.82) is 0 Å². The number of carbonyl (C=O) groups is 3. The number of rotatable bonds is 8. The highest BCUT2D eigenvalue weighted by molar-refractivity contribution is 7.88. The third kappa shape index (κ3) is 7.71. The van der Waals surface area contributed by atoms with Crippen LogP contribution in [0, 0.1) is 11.8 Å². The SMILES string of the molecule is Cc1ccc2onc(C(=O)N3CC[C@H]4CC[C@@H]([N+](=O)N5CCN(S(C)(=O)=O)CC5)N4C(=O)[C@@H](NC(=O)c4ccc5ccc(C(F)P(=O)(O)O)cc5c4)C3)c2c1. The highest BCUT2D eigenvalue weighted by Crippen LogP contribution is 2.53. The molecular weight excluding hydrogens is 760 g/mol. The van der Waals surface area contributed by atoms with E-state index in [9.17, 15) is 46.5 Å². The lowest BCUT2D eigenvalue weighted by Gasteiger charge is -2.37. The van der Waals surface area contributed by atoms with E-state index in [0.717, 1.165) is 16.7 Å². The number of hydrazine groups is 1. The molecule has 0 saturated carbocycles. The van der Waals surface area contributed by atoms with E-state index >= 15 is 0 Å². The topological polar surface area (TPSA) is 214 Å². The van der Waals surface area contributed by atoms with Gasteiger partial charge in [0.05, 0.1) is 36.2 Å². The van der Waals surface area contributed by atoms with E-state index < -0.39 is 59.5 Å². The molecule has 0 bridgehead atoms. The maximum Gasteiger partial charge on any atom is 0.363 e. The minimum Gasteiger partial charge on any atom is -0.355 e. The number of hydrogen-bond acceptors (Lipinski definition) is 9. The Hall–Kier alpha value is -4.81. The molecule has 4 heterocycles. The molecule has 7 rings (SSSR count). The first-order valence-corrected chi connectivity index (χ1v) is 21.2. The Labute approximate surface area is 314 Å². The quantitative estimate of drug-likeness (QED) is 0.173. The zero-order chi connectivity index (χ0) is 39.4. The zero-order valence-corrected chi connectivity index (χ0v) is 31.7. The standard InChI is InChI=1S/C35H39FN7O10PS/c1-21-3-9-29-27(17-21)31(38-53-29)35(46)39-12-11-26-8-10-30(43(47)40-13-15-41(16-14-40)55(2,51)52)42(26)34(45)28(20-39)37-33(44)24-7-5-22-4-6-23(18-25(22)19-24)32(36)54(48,49)50/h3-7,9,17-19,26,28,30,32H,8,10-16,20H2,1-2H3,(H2-,37,44,48,49,50)/p+1/t26-,28+,30-,32?/m1/s1. The average Bonchev–Trinajstić information content (AvgIpc) is 3.77. The Balaban J connectivity index is 1.19. The van der Waals surface area contributed by atoms with Crippen LogP contribution in [0.5, 0.6) is 0 Å². The van der Waals surface area contributed by atoms with Crippen LogP contribution in [0.3, 0.4) is 0 Å². The highest BCUT2D eigenvalue weighted by Gasteiger charge is 2.52. The van der Waals surface area contributed by atoms with Gasteiger partial charge in [0, 0.05) is 37.7 Å². The monoisotopic (exact) mass is 800 g/mol. The molecule has 3 amide bonds. The first kappa shape index (κ1) is 38.5. The third-order valence-corrected chi connectivity index (χ3v) is 12.7. The summed E-state index contributed by atoms with van der Waals surface area (Å²) in [5.74, 6) is -4.41. The van der Waals surface area contributed by atoms with Crippen molar-refractivity contribution >= 4 is 57.1 Å². The van der Waals surface area contributed by atoms with Crippen LogP contribution in [0.25, 0.3) is 21.7 Å². The average molecular weight is 801 g/mol. The van der Waals surface area contributed by atoms with Crippen LogP contribution in [0.2, 0.25) is 0 Å². The third-order valence-electron chi connectivity index (χ3n) is 10.5. The lowest BCUT2D eigenvalue weighted by Crippen LogP contribution is -2.62. The van der Waals surface area contributed by atoms with E-state index in [1.165, 1.54) is 49.4 Å². The van der Waals surface area contributed by atoms with Crippen molar-refractivity contribution in [2.45, 2.75) is 50.3 Å². The number of piperazine rings is 1. The largest absolute Gasteiger partial charge is 0.363 e. The molecule has 17 nitrogen and oxygen atoms in total. The molecule has 55 heavy (non-hydrogen) atoms. The number of carbonyl (C=O) groups excluding carboxylic acids is 3. The minimum atomic E-state index is -5.10. The van der Waals surface area contributed by atoms with Crippen molar-refractivity contribution in [1.82, 2.24) is 29.6 Å². The van der Waals surface area contributed by atoms with Gasteiger partial charge in [-0.2, -0.15) is 4.31 Å². The molecule has 0 spiro atoms. The van der Waals surface area contributed by atoms with Crippen molar-refractivity contribution in [3.8, 4) is 0 Å². The van der Waals surface area contributed by atoms with Gasteiger partial charge in [-0.1, -0.05) is 35.0 Å². The number of halogens is 1. The second-order valence-corrected chi connectivity index (χ2v) is 17.8. The van der Waals surface area contributed by atoms with Crippen LogP contribution in [-0.4, -0.2) is 129 Å². The van der Waals surface area contributed by atoms with E-state index in [0.29, 0.717) is 41.0 Å². The van der Waals surface area contributed by atoms with Gasteiger partial charge < -0.3 is 24.5 Å². The number of aromatic nitrogens is 1. The van der Waals surface area contributed by atoms with Gasteiger partial charge in [-0.05, 0) is 66.4 Å². The molecule has 4 atom stereocenters. The van der Waals surface area contributed by atoms with E-state index in [4.69, 9.17) is 4.52 Å². The van der Waals surface area contributed by atoms with Gasteiger partial charge in [-0.25, -0.2) is 12.8 Å². The van der Waals surface area contributed by atoms with E-state index in [-0.39, 0.29) is 56.1 Å². The van der Waals surface area contributed by atoms with Gasteiger partial charge in [0.1, 0.15) is 10.9 Å². The lowest BCUT2D eigenvalue weighted by atomic mass is 10.0. The van der Waals surface area contributed by atoms with Crippen molar-refractivity contribution in [3.63, 3.8) is 0 Å². The summed E-state index contributed by atoms with van der Waals surface area (Å²) in [6.07, 6.45) is 1.22. The molecule has 4 aromatic rings. The van der Waals surface area contributed by atoms with Crippen LogP contribution in [-0.2, 0) is 19.4 Å². The maximum atomic E-state index is 14.6. The summed E-state index contributed by atoms with van der Waals surface area (Å²) in [6.45, 7) is 2.18. The van der Waals surface area contributed by atoms with E-state index in [1.54, 1.807) is 18.2 Å². The summed E-state index contributed by atoms with van der Waals surface area (Å²) in [5.41, 5.74) is 1.09. The lowest BCUT2D eigenvalue weighted by molar-refractivity contribution is -0.747. The smallest absolute Gasteiger partial charge is 0.355 e. The first-order chi connectivity index (χ1) is 26.0. The maximum absolute atomic E-state index is 14.6. The molecule has 3 aromatic carbocycles. The van der Waals surface area contributed by atoms with Crippen molar-refractivity contribution < 1.29 is 50.9 Å². The van der Waals surface area contributed by atoms with Crippen LogP contribution in [0.15, 0.2) is 59.1 Å². The van der Waals surface area contributed by atoms with Gasteiger partial charge >= 0.3 is 13.8 Å². The van der Waals surface area contributed by atoms with Gasteiger partial charge in [-0.15, -0.1) is 5.01 Å². The number of amides is 3. The molecule has 292 valence electrons. The fraction of sp³-hybridized carbons (Fsp3) is 0.429. The summed E-state index contributed by atoms with van der Waals surface area (Å²) in [5, 5.41) is 9.63. The predicted molar refractivity (Wildman–Crippen MR) is 196 cm³/mol. The minimum absolute atomic E-state index is 0.0451. The summed E-state index contributed by atoms with van der Waals surface area (Å²) >= 11 is 0. The zero-order valence-electron chi connectivity index (χ0n) is 29.9. The summed E-state index contributed by atoms with van der Waals surface area (Å²) in [4.78, 5) is 78.9. The van der Waals surface area contributed by atoms with E-state index in [2.05, 4.69) is 10.5 Å². The van der Waals surface area contributed by atoms with Crippen LogP contribution in [0.1, 0.15) is 57.1 Å². The van der Waals surface area contributed by atoms with Gasteiger partial charge in [0.25, 0.3) is 17.7 Å². The van der Waals surface area contributed by atoms with Crippen LogP contribution >= 0.6 is 7.60 Å². The second-order valence-electron chi connectivity index (χ2n) is 14.2. The van der Waals surface area contributed by atoms with Gasteiger partial charge in [0.2, 0.25) is 15.9 Å². The van der Waals surface area contributed by atoms with Gasteiger partial charge in [-0.3, -0.25) is 23.8 Å². The Morgan fingerprint density at radius 3 is 2.44 bits per heavy atom. The van der Waals surface area contributed by atoms with Crippen molar-refractivity contribution in [2.75, 3.05) is 45.5 Å². The number of aryl methyl sites for hydroxylation is 1. The molecule has 3 N–H and O–H groups in total. The molecule has 3 saturated heterocycles. The number of nitrogens with one attached hydrogen (secondary N) is 1. The fourth-order valence-electron chi connectivity index (χ4n) is 7.60. The van der Waals surface area contributed by atoms with Crippen LogP contribution < -0.4 is 5.32 Å². The number of fused-ring (bicyclic) bond motifs is 3. The fourth-order valence-corrected chi connectivity index (χ4v) is 8.97. The molecule has 0 aliphatic carbocycles. The number of alkyl halides is 1. The Bertz CT molecular complexity index is 2360. The van der Waals surface area contributed by atoms with Crippen molar-refractivity contribution in [3.05, 3.63) is 81.9 Å². The number of nitrogens with zero attached hydrogens (tertiary/aromatic N) is 6. The number of hydrogen-bond donors (Lipinski definition) is 3. The number of sulfonamides is 1. The Morgan fingerprint density at radius 2 is 1.73 bits per heavy atom. The molecule has 1 aromatic heterocycles. The number of nitroso groups, excluding NO2 is 1. The Kier molecular flexibility index (Phi) is 10.3. The molecule has 3 aliphatic heterocycles. The molecule has 0 radical (unpaired) electrons. The van der Waals surface area contributed by atoms with Crippen LogP contribution in [0.4, 0.5) is 4.39 Å². The predicted octanol–water partition coefficient (Wildman–Crippen LogP) is 2.67. The van der Waals surface area contributed by atoms with E-state index in [1.807, 2.05) is 13.0 Å². The molecule has 3 aliphatic rings. The first-order valence-electron chi connectivity index (χ1n) is 17.7. The summed E-state index contributed by atoms with van der Waals surface area (Å²) < 4.78 is 57.0. The van der Waals surface area contributed by atoms with Gasteiger partial charge in [0.15, 0.2) is 11.3 Å². The summed E-state index contributed by atoms with van der Waals surface area (Å²) in [6, 6.07) is 11.9. The molecule has 20 heteroatoms. The second kappa shape index (κ2) is 14.7. The molecular formula is C35H40FN7O10PS+. The Morgan fingerprint density at radius 1 is 1.00 bits per heavy atom. The number of benzene rings is 3.